The van der Waals surface area contributed by atoms with Crippen molar-refractivity contribution in [2.45, 2.75) is 13.8 Å². The van der Waals surface area contributed by atoms with Gasteiger partial charge in [0.05, 0.1) is 0 Å². The number of hydrogen-bond acceptors (Lipinski definition) is 1. The molecule has 7 heavy (non-hydrogen) atoms. The van der Waals surface area contributed by atoms with Gasteiger partial charge in [0.2, 0.25) is 0 Å². The predicted molar refractivity (Wildman–Crippen MR) is 35.3 cm³/mol. The smallest absolute Gasteiger partial charge is 1.00 e. The van der Waals surface area contributed by atoms with Gasteiger partial charge < -0.3 is 6.74 Å². The van der Waals surface area contributed by atoms with Gasteiger partial charge in [0.25, 0.3) is 0 Å². The van der Waals surface area contributed by atoms with Crippen LogP contribution in [0.3, 0.4) is 0 Å². The Labute approximate surface area is 80.2 Å². The van der Waals surface area contributed by atoms with Crippen LogP contribution in [0, 0.1) is 0 Å². The first-order chi connectivity index (χ1) is 2.41. The van der Waals surface area contributed by atoms with Gasteiger partial charge in [-0.25, -0.2) is 0 Å². The molecule has 0 saturated carbocycles. The molecule has 0 rings (SSSR count). The molecule has 0 spiro atoms. The molecule has 0 aromatic heterocycles. The second-order valence-corrected chi connectivity index (χ2v) is 0.957. The van der Waals surface area contributed by atoms with E-state index < -0.39 is 0 Å². The van der Waals surface area contributed by atoms with Crippen LogP contribution in [-0.2, 0) is 0 Å². The summed E-state index contributed by atoms with van der Waals surface area (Å²) in [6.07, 6.45) is 0. The zero-order valence-electron chi connectivity index (χ0n) is 5.91. The van der Waals surface area contributed by atoms with Gasteiger partial charge in [-0.05, 0) is 13.1 Å². The van der Waals surface area contributed by atoms with E-state index in [9.17, 15) is 0 Å². The first kappa shape index (κ1) is 15.8. The fourth-order valence-corrected chi connectivity index (χ4v) is 0.250. The van der Waals surface area contributed by atoms with Gasteiger partial charge in [0, 0.05) is 0 Å². The molecule has 1 N–H and O–H groups in total. The molecular weight excluding hydrogens is 112 g/mol. The second kappa shape index (κ2) is 15.6. The van der Waals surface area contributed by atoms with Crippen LogP contribution in [0.5, 0.6) is 0 Å². The third kappa shape index (κ3) is 18.5. The van der Waals surface area contributed by atoms with Crippen LogP contribution in [0.2, 0.25) is 0 Å². The van der Waals surface area contributed by atoms with E-state index in [-0.39, 0.29) is 48.3 Å². The first-order valence-corrected chi connectivity index (χ1v) is 2.12. The summed E-state index contributed by atoms with van der Waals surface area (Å²) in [5.41, 5.74) is 0. The maximum Gasteiger partial charge on any atom is 1.00 e. The van der Waals surface area contributed by atoms with E-state index in [1.807, 2.05) is 0 Å². The van der Waals surface area contributed by atoms with Gasteiger partial charge in [-0.3, -0.25) is 0 Å². The minimum Gasteiger partial charge on any atom is -1.00 e. The molecule has 0 aromatic carbocycles. The fraction of sp³-hybridized carbons (Fsp3) is 1.00. The Morgan fingerprint density at radius 1 is 1.29 bits per heavy atom. The van der Waals surface area contributed by atoms with Crippen LogP contribution in [0.15, 0.2) is 0 Å². The van der Waals surface area contributed by atoms with Crippen LogP contribution >= 0.6 is 0 Å². The average molecular weight is 127 g/mol. The van der Waals surface area contributed by atoms with Crippen LogP contribution in [0.25, 0.3) is 0 Å². The molecule has 0 aliphatic carbocycles. The van der Waals surface area contributed by atoms with E-state index >= 15 is 0 Å². The summed E-state index contributed by atoms with van der Waals surface area (Å²) in [6, 6.07) is 0. The van der Waals surface area contributed by atoms with Crippen LogP contribution in [0.4, 0.5) is 0 Å². The van der Waals surface area contributed by atoms with Crippen molar-refractivity contribution in [1.29, 1.82) is 0 Å². The zero-order chi connectivity index (χ0) is 4.12. The predicted octanol–water partition coefficient (Wildman–Crippen LogP) is -3.45. The summed E-state index contributed by atoms with van der Waals surface area (Å²) in [6.45, 7) is 6.39. The second-order valence-electron chi connectivity index (χ2n) is 0.957. The molecule has 40 valence electrons. The Balaban J connectivity index is -0.0000000267. The Hall–Kier alpha value is 1.49. The monoisotopic (exact) mass is 127 g/mol. The summed E-state index contributed by atoms with van der Waals surface area (Å²) < 4.78 is 0. The summed E-state index contributed by atoms with van der Waals surface area (Å²) >= 11 is 0. The fourth-order valence-electron chi connectivity index (χ4n) is 0.250. The van der Waals surface area contributed by atoms with E-state index in [2.05, 4.69) is 19.2 Å². The molecular formula is C4H15AlNNa. The Bertz CT molecular complexity index is 23.5. The summed E-state index contributed by atoms with van der Waals surface area (Å²) in [5, 5.41) is 3.11. The van der Waals surface area contributed by atoms with Crippen molar-refractivity contribution in [2.75, 3.05) is 13.1 Å². The molecule has 0 heterocycles. The van der Waals surface area contributed by atoms with Gasteiger partial charge in [-0.2, -0.15) is 0 Å². The summed E-state index contributed by atoms with van der Waals surface area (Å²) in [5.74, 6) is 0. The normalized spacial score (nSPS) is 6.00. The third-order valence-electron chi connectivity index (χ3n) is 0.500. The third-order valence-corrected chi connectivity index (χ3v) is 0.500. The number of rotatable bonds is 2. The van der Waals surface area contributed by atoms with E-state index in [1.165, 1.54) is 0 Å². The van der Waals surface area contributed by atoms with E-state index in [4.69, 9.17) is 0 Å². The zero-order valence-corrected chi connectivity index (χ0v) is 6.91. The summed E-state index contributed by atoms with van der Waals surface area (Å²) in [4.78, 5) is 0. The molecule has 0 unspecified atom stereocenters. The maximum atomic E-state index is 3.11. The maximum absolute atomic E-state index is 3.11. The molecule has 0 atom stereocenters. The standard InChI is InChI=1S/C4H11N.Al.Na.4H/c1-3-5-4-2;;;;;;/h5H,3-4H2,1-2H3;;;;;;/q;;+1;;;;-1. The van der Waals surface area contributed by atoms with Crippen LogP contribution < -0.4 is 34.9 Å². The Morgan fingerprint density at radius 3 is 1.57 bits per heavy atom. The molecule has 0 bridgehead atoms. The Kier molecular flexibility index (Phi) is 35.3. The van der Waals surface area contributed by atoms with E-state index in [0.29, 0.717) is 0 Å². The molecule has 0 aliphatic heterocycles. The average Bonchev–Trinajstić information content (AvgIpc) is 1.41. The quantitative estimate of drug-likeness (QED) is 0.380. The molecule has 0 amide bonds. The first-order valence-electron chi connectivity index (χ1n) is 2.12. The van der Waals surface area contributed by atoms with Gasteiger partial charge in [0.1, 0.15) is 0 Å². The van der Waals surface area contributed by atoms with E-state index in [1.54, 1.807) is 0 Å². The minimum atomic E-state index is 0. The van der Waals surface area contributed by atoms with Crippen LogP contribution in [0.1, 0.15) is 15.3 Å². The molecule has 1 nitrogen and oxygen atoms in total. The van der Waals surface area contributed by atoms with Crippen molar-refractivity contribution in [2.24, 2.45) is 0 Å². The molecule has 0 aromatic rings. The SMILES string of the molecule is CCNCC.[AlH3].[H-].[Na+]. The topological polar surface area (TPSA) is 12.0 Å². The van der Waals surface area contributed by atoms with Gasteiger partial charge in [0.15, 0.2) is 17.4 Å². The minimum absolute atomic E-state index is 0. The van der Waals surface area contributed by atoms with Gasteiger partial charge >= 0.3 is 29.6 Å². The molecule has 0 radical (unpaired) electrons. The van der Waals surface area contributed by atoms with Crippen molar-refractivity contribution in [1.82, 2.24) is 5.32 Å². The van der Waals surface area contributed by atoms with Crippen molar-refractivity contribution in [3.05, 3.63) is 0 Å². The van der Waals surface area contributed by atoms with Crippen molar-refractivity contribution in [3.8, 4) is 0 Å². The molecule has 0 fully saturated rings. The van der Waals surface area contributed by atoms with Gasteiger partial charge in [-0.15, -0.1) is 0 Å². The molecule has 0 saturated heterocycles. The molecule has 3 heteroatoms. The largest absolute Gasteiger partial charge is 1.00 e. The molecule has 0 aliphatic rings. The van der Waals surface area contributed by atoms with Gasteiger partial charge in [-0.1, -0.05) is 13.8 Å². The van der Waals surface area contributed by atoms with Crippen molar-refractivity contribution >= 4 is 17.4 Å². The summed E-state index contributed by atoms with van der Waals surface area (Å²) in [7, 11) is 0. The number of hydrogen-bond donors (Lipinski definition) is 1. The van der Waals surface area contributed by atoms with E-state index in [0.717, 1.165) is 13.1 Å². The van der Waals surface area contributed by atoms with Crippen molar-refractivity contribution in [3.63, 3.8) is 0 Å². The number of nitrogens with one attached hydrogen (secondary N) is 1. The Morgan fingerprint density at radius 2 is 1.57 bits per heavy atom. The van der Waals surface area contributed by atoms with Crippen molar-refractivity contribution < 1.29 is 31.0 Å². The van der Waals surface area contributed by atoms with Crippen LogP contribution in [-0.4, -0.2) is 30.5 Å².